The van der Waals surface area contributed by atoms with Gasteiger partial charge in [-0.3, -0.25) is 0 Å². The highest BCUT2D eigenvalue weighted by Gasteiger charge is 2.09. The lowest BCUT2D eigenvalue weighted by molar-refractivity contribution is 0.289. The van der Waals surface area contributed by atoms with Crippen molar-refractivity contribution in [3.63, 3.8) is 0 Å². The second-order valence-corrected chi connectivity index (χ2v) is 6.03. The van der Waals surface area contributed by atoms with Gasteiger partial charge in [0.1, 0.15) is 11.6 Å². The minimum atomic E-state index is -0.341. The van der Waals surface area contributed by atoms with E-state index in [0.717, 1.165) is 23.8 Å². The highest BCUT2D eigenvalue weighted by atomic mass is 32.1. The second-order valence-electron chi connectivity index (χ2n) is 4.87. The molecule has 1 N–H and O–H groups in total. The van der Waals surface area contributed by atoms with E-state index in [1.807, 2.05) is 6.92 Å². The van der Waals surface area contributed by atoms with Gasteiger partial charge in [0.25, 0.3) is 0 Å². The Labute approximate surface area is 129 Å². The molecular weight excluding hydrogens is 287 g/mol. The molecule has 0 atom stereocenters. The van der Waals surface area contributed by atoms with E-state index >= 15 is 0 Å². The zero-order chi connectivity index (χ0) is 15.1. The summed E-state index contributed by atoms with van der Waals surface area (Å²) in [5, 5.41) is 4.29. The summed E-state index contributed by atoms with van der Waals surface area (Å²) in [5.74, 6) is -0.0693. The van der Waals surface area contributed by atoms with Crippen molar-refractivity contribution in [3.8, 4) is 5.75 Å². The van der Waals surface area contributed by atoms with Crippen LogP contribution in [-0.2, 0) is 13.2 Å². The maximum absolute atomic E-state index is 13.5. The number of benzene rings is 1. The minimum absolute atomic E-state index is 0.271. The lowest BCUT2D eigenvalue weighted by Gasteiger charge is -2.04. The topological polar surface area (TPSA) is 34.1 Å². The zero-order valence-corrected chi connectivity index (χ0v) is 13.3. The van der Waals surface area contributed by atoms with E-state index in [2.05, 4.69) is 17.2 Å². The Morgan fingerprint density at radius 3 is 2.90 bits per heavy atom. The monoisotopic (exact) mass is 308 g/mol. The summed E-state index contributed by atoms with van der Waals surface area (Å²) in [6.45, 7) is 6.34. The van der Waals surface area contributed by atoms with Crippen LogP contribution in [0.1, 0.15) is 35.3 Å². The van der Waals surface area contributed by atoms with Gasteiger partial charge in [0, 0.05) is 11.4 Å². The van der Waals surface area contributed by atoms with Crippen LogP contribution >= 0.6 is 11.3 Å². The van der Waals surface area contributed by atoms with Gasteiger partial charge in [-0.15, -0.1) is 11.3 Å². The number of ether oxygens (including phenoxy) is 1. The van der Waals surface area contributed by atoms with Crippen LogP contribution in [0.2, 0.25) is 0 Å². The van der Waals surface area contributed by atoms with Crippen molar-refractivity contribution in [1.29, 1.82) is 0 Å². The molecule has 1 aromatic carbocycles. The lowest BCUT2D eigenvalue weighted by atomic mass is 10.3. The number of hydrogen-bond donors (Lipinski definition) is 1. The van der Waals surface area contributed by atoms with Crippen molar-refractivity contribution in [3.05, 3.63) is 45.7 Å². The molecule has 0 spiro atoms. The number of aryl methyl sites for hydroxylation is 1. The molecule has 0 amide bonds. The van der Waals surface area contributed by atoms with E-state index in [1.165, 1.54) is 23.8 Å². The molecule has 2 aromatic rings. The average molecular weight is 308 g/mol. The van der Waals surface area contributed by atoms with E-state index in [4.69, 9.17) is 4.74 Å². The summed E-state index contributed by atoms with van der Waals surface area (Å²) in [6, 6.07) is 6.43. The normalized spacial score (nSPS) is 10.8. The minimum Gasteiger partial charge on any atom is -0.483 e. The number of halogens is 1. The Hall–Kier alpha value is -1.46. The first-order valence-corrected chi connectivity index (χ1v) is 8.05. The molecule has 1 aromatic heterocycles. The number of nitrogens with one attached hydrogen (secondary N) is 1. The van der Waals surface area contributed by atoms with Gasteiger partial charge in [0.05, 0.1) is 5.69 Å². The molecule has 3 nitrogen and oxygen atoms in total. The number of unbranched alkanes of at least 4 members (excludes halogenated alkanes) is 1. The summed E-state index contributed by atoms with van der Waals surface area (Å²) in [6.07, 6.45) is 2.37. The lowest BCUT2D eigenvalue weighted by Crippen LogP contribution is -2.14. The molecule has 0 fully saturated rings. The fourth-order valence-electron chi connectivity index (χ4n) is 1.92. The molecule has 0 aliphatic carbocycles. The van der Waals surface area contributed by atoms with E-state index < -0.39 is 0 Å². The van der Waals surface area contributed by atoms with E-state index in [9.17, 15) is 4.39 Å². The molecule has 0 aliphatic rings. The van der Waals surface area contributed by atoms with Crippen molar-refractivity contribution < 1.29 is 9.13 Å². The summed E-state index contributed by atoms with van der Waals surface area (Å²) in [7, 11) is 0. The smallest absolute Gasteiger partial charge is 0.165 e. The third kappa shape index (κ3) is 4.79. The van der Waals surface area contributed by atoms with Crippen molar-refractivity contribution in [2.24, 2.45) is 0 Å². The molecule has 0 bridgehead atoms. The largest absolute Gasteiger partial charge is 0.483 e. The Bertz CT molecular complexity index is 571. The van der Waals surface area contributed by atoms with Gasteiger partial charge < -0.3 is 10.1 Å². The third-order valence-corrected chi connectivity index (χ3v) is 4.25. The van der Waals surface area contributed by atoms with Gasteiger partial charge in [-0.2, -0.15) is 0 Å². The molecule has 0 aliphatic heterocycles. The molecule has 114 valence electrons. The van der Waals surface area contributed by atoms with Crippen LogP contribution in [0.25, 0.3) is 0 Å². The van der Waals surface area contributed by atoms with Crippen LogP contribution in [0.3, 0.4) is 0 Å². The second kappa shape index (κ2) is 8.10. The molecule has 21 heavy (non-hydrogen) atoms. The molecule has 5 heteroatoms. The predicted molar refractivity (Wildman–Crippen MR) is 84.2 cm³/mol. The molecule has 0 saturated carbocycles. The van der Waals surface area contributed by atoms with Gasteiger partial charge in [0.2, 0.25) is 0 Å². The molecule has 2 rings (SSSR count). The van der Waals surface area contributed by atoms with Crippen LogP contribution < -0.4 is 10.1 Å². The summed E-state index contributed by atoms with van der Waals surface area (Å²) < 4.78 is 19.0. The van der Waals surface area contributed by atoms with Gasteiger partial charge in [-0.25, -0.2) is 9.37 Å². The highest BCUT2D eigenvalue weighted by Crippen LogP contribution is 2.21. The van der Waals surface area contributed by atoms with E-state index in [1.54, 1.807) is 29.5 Å². The van der Waals surface area contributed by atoms with Crippen LogP contribution in [0.4, 0.5) is 4.39 Å². The first kappa shape index (κ1) is 15.9. The van der Waals surface area contributed by atoms with Gasteiger partial charge in [0.15, 0.2) is 11.6 Å². The van der Waals surface area contributed by atoms with Crippen molar-refractivity contribution >= 4 is 11.3 Å². The Balaban J connectivity index is 1.88. The maximum Gasteiger partial charge on any atom is 0.165 e. The standard InChI is InChI=1S/C16H21FN2OS/c1-3-4-9-18-10-15-12(2)19-16(21-15)11-20-14-8-6-5-7-13(14)17/h5-8,18H,3-4,9-11H2,1-2H3. The number of nitrogens with zero attached hydrogens (tertiary/aromatic N) is 1. The van der Waals surface area contributed by atoms with E-state index in [-0.39, 0.29) is 11.6 Å². The summed E-state index contributed by atoms with van der Waals surface area (Å²) in [4.78, 5) is 5.71. The SMILES string of the molecule is CCCCNCc1sc(COc2ccccc2F)nc1C. The van der Waals surface area contributed by atoms with E-state index in [0.29, 0.717) is 6.61 Å². The van der Waals surface area contributed by atoms with Crippen LogP contribution in [-0.4, -0.2) is 11.5 Å². The highest BCUT2D eigenvalue weighted by molar-refractivity contribution is 7.11. The fourth-order valence-corrected chi connectivity index (χ4v) is 2.87. The number of hydrogen-bond acceptors (Lipinski definition) is 4. The molecular formula is C16H21FN2OS. The number of rotatable bonds is 8. The first-order chi connectivity index (χ1) is 10.2. The van der Waals surface area contributed by atoms with Gasteiger partial charge in [-0.05, 0) is 32.0 Å². The summed E-state index contributed by atoms with van der Waals surface area (Å²) >= 11 is 1.62. The molecule has 0 radical (unpaired) electrons. The number of para-hydroxylation sites is 1. The summed E-state index contributed by atoms with van der Waals surface area (Å²) in [5.41, 5.74) is 1.02. The molecule has 0 unspecified atom stereocenters. The van der Waals surface area contributed by atoms with Crippen LogP contribution in [0.15, 0.2) is 24.3 Å². The first-order valence-electron chi connectivity index (χ1n) is 7.24. The van der Waals surface area contributed by atoms with Crippen LogP contribution in [0.5, 0.6) is 5.75 Å². The Morgan fingerprint density at radius 2 is 2.14 bits per heavy atom. The van der Waals surface area contributed by atoms with Crippen molar-refractivity contribution in [2.45, 2.75) is 39.8 Å². The van der Waals surface area contributed by atoms with Gasteiger partial charge in [-0.1, -0.05) is 25.5 Å². The molecule has 1 heterocycles. The average Bonchev–Trinajstić information content (AvgIpc) is 2.83. The number of aromatic nitrogens is 1. The maximum atomic E-state index is 13.5. The van der Waals surface area contributed by atoms with Crippen LogP contribution in [0, 0.1) is 12.7 Å². The predicted octanol–water partition coefficient (Wildman–Crippen LogP) is 4.06. The van der Waals surface area contributed by atoms with Crippen molar-refractivity contribution in [1.82, 2.24) is 10.3 Å². The Morgan fingerprint density at radius 1 is 1.33 bits per heavy atom. The van der Waals surface area contributed by atoms with Gasteiger partial charge >= 0.3 is 0 Å². The zero-order valence-electron chi connectivity index (χ0n) is 12.5. The fraction of sp³-hybridized carbons (Fsp3) is 0.438. The Kier molecular flexibility index (Phi) is 6.14. The molecule has 0 saturated heterocycles. The van der Waals surface area contributed by atoms with Crippen molar-refractivity contribution in [2.75, 3.05) is 6.54 Å². The number of thiazole rings is 1. The third-order valence-electron chi connectivity index (χ3n) is 3.12. The quantitative estimate of drug-likeness (QED) is 0.747.